The summed E-state index contributed by atoms with van der Waals surface area (Å²) >= 11 is 1.45. The first-order valence-corrected chi connectivity index (χ1v) is 9.64. The number of carbonyl (C=O) groups excluding carboxylic acids is 1. The topological polar surface area (TPSA) is 92.7 Å². The maximum Gasteiger partial charge on any atom is 0.263 e. The van der Waals surface area contributed by atoms with Gasteiger partial charge in [-0.3, -0.25) is 14.7 Å². The molecule has 0 spiro atoms. The molecular formula is C19H21N5O2S. The van der Waals surface area contributed by atoms with Crippen molar-refractivity contribution in [3.8, 4) is 0 Å². The molecule has 1 aromatic carbocycles. The minimum Gasteiger partial charge on any atom is -0.351 e. The average molecular weight is 383 g/mol. The van der Waals surface area contributed by atoms with Crippen molar-refractivity contribution in [2.75, 3.05) is 12.3 Å². The molecule has 2 heterocycles. The van der Waals surface area contributed by atoms with E-state index in [2.05, 4.69) is 20.5 Å². The van der Waals surface area contributed by atoms with E-state index in [1.54, 1.807) is 17.7 Å². The number of aromatic amines is 1. The molecule has 0 bridgehead atoms. The fourth-order valence-electron chi connectivity index (χ4n) is 2.68. The first-order chi connectivity index (χ1) is 13.1. The fourth-order valence-corrected chi connectivity index (χ4v) is 3.31. The highest BCUT2D eigenvalue weighted by Gasteiger charge is 2.15. The molecule has 2 aromatic heterocycles. The van der Waals surface area contributed by atoms with Crippen molar-refractivity contribution in [1.82, 2.24) is 25.1 Å². The monoisotopic (exact) mass is 383 g/mol. The summed E-state index contributed by atoms with van der Waals surface area (Å²) in [6.07, 6.45) is 3.92. The predicted molar refractivity (Wildman–Crippen MR) is 105 cm³/mol. The number of hydrogen-bond donors (Lipinski definition) is 2. The van der Waals surface area contributed by atoms with Crippen molar-refractivity contribution in [3.63, 3.8) is 0 Å². The molecular weight excluding hydrogens is 362 g/mol. The number of nitrogens with one attached hydrogen (secondary N) is 2. The highest BCUT2D eigenvalue weighted by Crippen LogP contribution is 2.09. The largest absolute Gasteiger partial charge is 0.351 e. The summed E-state index contributed by atoms with van der Waals surface area (Å²) < 4.78 is 1.60. The summed E-state index contributed by atoms with van der Waals surface area (Å²) in [5, 5.41) is 10.0. The van der Waals surface area contributed by atoms with Crippen LogP contribution in [0, 0.1) is 6.92 Å². The average Bonchev–Trinajstić information content (AvgIpc) is 3.19. The molecule has 0 fully saturated rings. The normalized spacial score (nSPS) is 10.7. The predicted octanol–water partition coefficient (Wildman–Crippen LogP) is 2.04. The van der Waals surface area contributed by atoms with Gasteiger partial charge in [0.1, 0.15) is 11.9 Å². The Kier molecular flexibility index (Phi) is 6.43. The third-order valence-electron chi connectivity index (χ3n) is 4.10. The summed E-state index contributed by atoms with van der Waals surface area (Å²) in [5.41, 5.74) is 1.78. The summed E-state index contributed by atoms with van der Waals surface area (Å²) in [7, 11) is 0. The third-order valence-corrected chi connectivity index (χ3v) is 4.98. The molecule has 0 aliphatic heterocycles. The van der Waals surface area contributed by atoms with E-state index in [4.69, 9.17) is 0 Å². The Morgan fingerprint density at radius 2 is 2.07 bits per heavy atom. The number of rotatable bonds is 8. The maximum atomic E-state index is 12.7. The Morgan fingerprint density at radius 1 is 1.26 bits per heavy atom. The number of H-pyrrole nitrogens is 1. The Morgan fingerprint density at radius 3 is 2.81 bits per heavy atom. The zero-order valence-corrected chi connectivity index (χ0v) is 15.8. The molecule has 1 amide bonds. The number of thioether (sulfide) groups is 1. The van der Waals surface area contributed by atoms with Crippen LogP contribution in [0.5, 0.6) is 0 Å². The molecule has 2 N–H and O–H groups in total. The molecule has 7 nitrogen and oxygen atoms in total. The molecule has 0 aliphatic carbocycles. The standard InChI is InChI=1S/C19H21N5O2S/c1-14-7-10-24(11-8-15-5-3-2-4-6-15)18(26)16(14)17(25)20-9-12-27-19-21-13-22-23-19/h2-7,10,13H,8-9,11-12H2,1H3,(H,20,25)(H,21,22,23). The fraction of sp³-hybridized carbons (Fsp3) is 0.263. The lowest BCUT2D eigenvalue weighted by molar-refractivity contribution is 0.0953. The van der Waals surface area contributed by atoms with Crippen LogP contribution in [0.2, 0.25) is 0 Å². The first-order valence-electron chi connectivity index (χ1n) is 8.65. The van der Waals surface area contributed by atoms with Gasteiger partial charge < -0.3 is 9.88 Å². The van der Waals surface area contributed by atoms with Gasteiger partial charge in [0.15, 0.2) is 5.16 Å². The van der Waals surface area contributed by atoms with Crippen LogP contribution in [-0.2, 0) is 13.0 Å². The van der Waals surface area contributed by atoms with Gasteiger partial charge in [-0.15, -0.1) is 0 Å². The molecule has 8 heteroatoms. The number of pyridine rings is 1. The second-order valence-corrected chi connectivity index (χ2v) is 7.09. The van der Waals surface area contributed by atoms with Crippen LogP contribution in [-0.4, -0.2) is 38.0 Å². The summed E-state index contributed by atoms with van der Waals surface area (Å²) in [4.78, 5) is 29.3. The van der Waals surface area contributed by atoms with E-state index in [0.29, 0.717) is 29.6 Å². The third kappa shape index (κ3) is 5.07. The highest BCUT2D eigenvalue weighted by atomic mass is 32.2. The lowest BCUT2D eigenvalue weighted by Crippen LogP contribution is -2.35. The number of aryl methyl sites for hydroxylation is 3. The van der Waals surface area contributed by atoms with Crippen LogP contribution >= 0.6 is 11.8 Å². The van der Waals surface area contributed by atoms with Gasteiger partial charge in [0.2, 0.25) is 0 Å². The van der Waals surface area contributed by atoms with Gasteiger partial charge in [0, 0.05) is 25.0 Å². The molecule has 0 radical (unpaired) electrons. The number of benzene rings is 1. The molecule has 140 valence electrons. The van der Waals surface area contributed by atoms with Crippen LogP contribution < -0.4 is 10.9 Å². The van der Waals surface area contributed by atoms with E-state index in [9.17, 15) is 9.59 Å². The van der Waals surface area contributed by atoms with Crippen molar-refractivity contribution >= 4 is 17.7 Å². The second kappa shape index (κ2) is 9.18. The lowest BCUT2D eigenvalue weighted by Gasteiger charge is -2.11. The van der Waals surface area contributed by atoms with Gasteiger partial charge in [0.05, 0.1) is 0 Å². The van der Waals surface area contributed by atoms with Gasteiger partial charge in [-0.25, -0.2) is 4.98 Å². The van der Waals surface area contributed by atoms with Crippen LogP contribution in [0.25, 0.3) is 0 Å². The van der Waals surface area contributed by atoms with Crippen molar-refractivity contribution in [1.29, 1.82) is 0 Å². The van der Waals surface area contributed by atoms with Gasteiger partial charge in [-0.2, -0.15) is 5.10 Å². The maximum absolute atomic E-state index is 12.7. The van der Waals surface area contributed by atoms with E-state index in [1.807, 2.05) is 36.4 Å². The summed E-state index contributed by atoms with van der Waals surface area (Å²) in [5.74, 6) is 0.291. The summed E-state index contributed by atoms with van der Waals surface area (Å²) in [6, 6.07) is 11.8. The molecule has 0 atom stereocenters. The SMILES string of the molecule is Cc1ccn(CCc2ccccc2)c(=O)c1C(=O)NCCSc1ncn[nH]1. The molecule has 0 aliphatic rings. The molecule has 3 rings (SSSR count). The van der Waals surface area contributed by atoms with E-state index in [-0.39, 0.29) is 17.0 Å². The van der Waals surface area contributed by atoms with E-state index in [0.717, 1.165) is 12.0 Å². The Hall–Kier alpha value is -2.87. The minimum absolute atomic E-state index is 0.204. The number of carbonyl (C=O) groups is 1. The van der Waals surface area contributed by atoms with Gasteiger partial charge in [-0.05, 0) is 30.5 Å². The van der Waals surface area contributed by atoms with Gasteiger partial charge in [0.25, 0.3) is 11.5 Å². The minimum atomic E-state index is -0.343. The number of amides is 1. The zero-order valence-electron chi connectivity index (χ0n) is 15.0. The Labute approximate surface area is 161 Å². The van der Waals surface area contributed by atoms with Crippen LogP contribution in [0.4, 0.5) is 0 Å². The second-order valence-electron chi connectivity index (χ2n) is 6.00. The molecule has 0 unspecified atom stereocenters. The number of aromatic nitrogens is 4. The van der Waals surface area contributed by atoms with Crippen LogP contribution in [0.15, 0.2) is 58.9 Å². The van der Waals surface area contributed by atoms with E-state index < -0.39 is 0 Å². The van der Waals surface area contributed by atoms with Crippen molar-refractivity contribution < 1.29 is 4.79 Å². The van der Waals surface area contributed by atoms with E-state index >= 15 is 0 Å². The van der Waals surface area contributed by atoms with Crippen molar-refractivity contribution in [3.05, 3.63) is 76.0 Å². The van der Waals surface area contributed by atoms with Crippen molar-refractivity contribution in [2.45, 2.75) is 25.0 Å². The molecule has 27 heavy (non-hydrogen) atoms. The van der Waals surface area contributed by atoms with E-state index in [1.165, 1.54) is 18.1 Å². The Bertz CT molecular complexity index is 938. The smallest absolute Gasteiger partial charge is 0.263 e. The Balaban J connectivity index is 1.61. The van der Waals surface area contributed by atoms with Crippen molar-refractivity contribution in [2.24, 2.45) is 0 Å². The van der Waals surface area contributed by atoms with Gasteiger partial charge in [-0.1, -0.05) is 42.1 Å². The highest BCUT2D eigenvalue weighted by molar-refractivity contribution is 7.99. The summed E-state index contributed by atoms with van der Waals surface area (Å²) in [6.45, 7) is 2.74. The molecule has 3 aromatic rings. The lowest BCUT2D eigenvalue weighted by atomic mass is 10.1. The first kappa shape index (κ1) is 18.9. The van der Waals surface area contributed by atoms with Crippen LogP contribution in [0.3, 0.4) is 0 Å². The number of nitrogens with zero attached hydrogens (tertiary/aromatic N) is 3. The zero-order chi connectivity index (χ0) is 19.1. The molecule has 0 saturated carbocycles. The number of hydrogen-bond acceptors (Lipinski definition) is 5. The van der Waals surface area contributed by atoms with Gasteiger partial charge >= 0.3 is 0 Å². The van der Waals surface area contributed by atoms with Crippen LogP contribution in [0.1, 0.15) is 21.5 Å². The molecule has 0 saturated heterocycles. The quantitative estimate of drug-likeness (QED) is 0.459.